The molecule has 0 aliphatic rings. The number of unbranched alkanes of at least 4 members (excludes halogenated alkanes) is 13. The quantitative estimate of drug-likeness (QED) is 0.149. The number of halogens is 1. The first kappa shape index (κ1) is 29.3. The van der Waals surface area contributed by atoms with Crippen molar-refractivity contribution in [3.8, 4) is 0 Å². The lowest BCUT2D eigenvalue weighted by atomic mass is 10.0. The number of rotatable bonds is 21. The minimum absolute atomic E-state index is 0.102. The Balaban J connectivity index is 2.06. The molecular weight excluding hydrogens is 417 g/mol. The van der Waals surface area contributed by atoms with Gasteiger partial charge in [0.1, 0.15) is 5.82 Å². The second-order valence-electron chi connectivity index (χ2n) is 9.24. The SMILES string of the molecule is CCCCCCCCCCCCCCCCNc1ccc(COC(C(C)=O)C(C)=O)c(F)c1. The molecule has 1 rings (SSSR count). The number of carbonyl (C=O) groups is 2. The molecule has 0 radical (unpaired) electrons. The number of hydrogen-bond donors (Lipinski definition) is 1. The van der Waals surface area contributed by atoms with Crippen LogP contribution in [0, 0.1) is 5.82 Å². The van der Waals surface area contributed by atoms with Crippen molar-refractivity contribution in [3.63, 3.8) is 0 Å². The lowest BCUT2D eigenvalue weighted by molar-refractivity contribution is -0.141. The Bertz CT molecular complexity index is 663. The Morgan fingerprint density at radius 1 is 0.818 bits per heavy atom. The number of benzene rings is 1. The molecule has 0 amide bonds. The third-order valence-electron chi connectivity index (χ3n) is 6.06. The molecule has 1 N–H and O–H groups in total. The van der Waals surface area contributed by atoms with Crippen LogP contribution < -0.4 is 5.32 Å². The van der Waals surface area contributed by atoms with Crippen molar-refractivity contribution < 1.29 is 18.7 Å². The highest BCUT2D eigenvalue weighted by Gasteiger charge is 2.20. The molecule has 0 spiro atoms. The first-order valence-corrected chi connectivity index (χ1v) is 13.1. The predicted octanol–water partition coefficient (Wildman–Crippen LogP) is 7.78. The Morgan fingerprint density at radius 3 is 1.76 bits per heavy atom. The minimum atomic E-state index is -1.12. The third-order valence-corrected chi connectivity index (χ3v) is 6.06. The zero-order valence-electron chi connectivity index (χ0n) is 21.2. The average molecular weight is 464 g/mol. The van der Waals surface area contributed by atoms with Gasteiger partial charge in [0, 0.05) is 17.8 Å². The summed E-state index contributed by atoms with van der Waals surface area (Å²) in [5.41, 5.74) is 1.07. The zero-order valence-corrected chi connectivity index (χ0v) is 21.2. The molecule has 188 valence electrons. The topological polar surface area (TPSA) is 55.4 Å². The van der Waals surface area contributed by atoms with Crippen LogP contribution in [-0.4, -0.2) is 24.2 Å². The molecule has 33 heavy (non-hydrogen) atoms. The van der Waals surface area contributed by atoms with Gasteiger partial charge in [0.2, 0.25) is 0 Å². The van der Waals surface area contributed by atoms with Crippen LogP contribution in [-0.2, 0) is 20.9 Å². The average Bonchev–Trinajstić information content (AvgIpc) is 2.77. The van der Waals surface area contributed by atoms with E-state index in [1.807, 2.05) is 6.07 Å². The Hall–Kier alpha value is -1.75. The van der Waals surface area contributed by atoms with Crippen molar-refractivity contribution in [2.75, 3.05) is 11.9 Å². The van der Waals surface area contributed by atoms with E-state index in [1.165, 1.54) is 103 Å². The predicted molar refractivity (Wildman–Crippen MR) is 135 cm³/mol. The standard InChI is InChI=1S/C28H46FNO3/c1-4-5-6-7-8-9-10-11-12-13-14-15-16-17-20-30-26-19-18-25(27(29)21-26)22-33-28(23(2)31)24(3)32/h18-19,21,28,30H,4-17,20,22H2,1-3H3. The van der Waals surface area contributed by atoms with E-state index in [2.05, 4.69) is 12.2 Å². The fourth-order valence-corrected chi connectivity index (χ4v) is 4.02. The summed E-state index contributed by atoms with van der Waals surface area (Å²) in [6.45, 7) is 5.58. The Kier molecular flexibility index (Phi) is 16.6. The maximum atomic E-state index is 14.3. The number of ether oxygens (including phenoxy) is 1. The van der Waals surface area contributed by atoms with Crippen LogP contribution in [0.1, 0.15) is 116 Å². The normalized spacial score (nSPS) is 11.2. The van der Waals surface area contributed by atoms with Crippen LogP contribution in [0.4, 0.5) is 10.1 Å². The number of carbonyl (C=O) groups excluding carboxylic acids is 2. The van der Waals surface area contributed by atoms with Gasteiger partial charge in [-0.05, 0) is 32.4 Å². The molecule has 5 heteroatoms. The molecule has 0 aromatic heterocycles. The molecule has 0 bridgehead atoms. The van der Waals surface area contributed by atoms with Crippen LogP contribution in [0.25, 0.3) is 0 Å². The van der Waals surface area contributed by atoms with E-state index in [4.69, 9.17) is 4.74 Å². The number of hydrogen-bond acceptors (Lipinski definition) is 4. The first-order chi connectivity index (χ1) is 16.0. The van der Waals surface area contributed by atoms with Gasteiger partial charge in [0.25, 0.3) is 0 Å². The van der Waals surface area contributed by atoms with E-state index in [0.29, 0.717) is 5.56 Å². The fraction of sp³-hybridized carbons (Fsp3) is 0.714. The molecule has 0 atom stereocenters. The van der Waals surface area contributed by atoms with Crippen molar-refractivity contribution >= 4 is 17.3 Å². The number of Topliss-reactive ketones (excluding diaryl/α,β-unsaturated/α-hetero) is 2. The van der Waals surface area contributed by atoms with Crippen LogP contribution in [0.2, 0.25) is 0 Å². The van der Waals surface area contributed by atoms with Crippen molar-refractivity contribution in [2.45, 2.75) is 123 Å². The molecule has 0 aliphatic carbocycles. The lowest BCUT2D eigenvalue weighted by Gasteiger charge is -2.13. The van der Waals surface area contributed by atoms with Crippen LogP contribution in [0.5, 0.6) is 0 Å². The second kappa shape index (κ2) is 18.7. The summed E-state index contributed by atoms with van der Waals surface area (Å²) in [4.78, 5) is 22.8. The van der Waals surface area contributed by atoms with Gasteiger partial charge in [-0.25, -0.2) is 4.39 Å². The maximum Gasteiger partial charge on any atom is 0.173 e. The molecule has 0 aliphatic heterocycles. The molecule has 0 heterocycles. The van der Waals surface area contributed by atoms with E-state index in [0.717, 1.165) is 18.7 Å². The third kappa shape index (κ3) is 14.2. The molecule has 0 unspecified atom stereocenters. The van der Waals surface area contributed by atoms with Gasteiger partial charge in [-0.1, -0.05) is 96.5 Å². The van der Waals surface area contributed by atoms with Crippen molar-refractivity contribution in [1.82, 2.24) is 0 Å². The lowest BCUT2D eigenvalue weighted by Crippen LogP contribution is -2.29. The van der Waals surface area contributed by atoms with Crippen molar-refractivity contribution in [1.29, 1.82) is 0 Å². The monoisotopic (exact) mass is 463 g/mol. The largest absolute Gasteiger partial charge is 0.385 e. The van der Waals surface area contributed by atoms with Crippen molar-refractivity contribution in [3.05, 3.63) is 29.6 Å². The van der Waals surface area contributed by atoms with Gasteiger partial charge in [-0.15, -0.1) is 0 Å². The Morgan fingerprint density at radius 2 is 1.30 bits per heavy atom. The highest BCUT2D eigenvalue weighted by Crippen LogP contribution is 2.17. The van der Waals surface area contributed by atoms with E-state index in [1.54, 1.807) is 6.07 Å². The summed E-state index contributed by atoms with van der Waals surface area (Å²) < 4.78 is 19.6. The van der Waals surface area contributed by atoms with Gasteiger partial charge >= 0.3 is 0 Å². The molecule has 1 aromatic rings. The van der Waals surface area contributed by atoms with Crippen LogP contribution in [0.3, 0.4) is 0 Å². The van der Waals surface area contributed by atoms with E-state index in [9.17, 15) is 14.0 Å². The summed E-state index contributed by atoms with van der Waals surface area (Å²) in [5.74, 6) is -1.13. The van der Waals surface area contributed by atoms with Gasteiger partial charge < -0.3 is 10.1 Å². The molecule has 1 aromatic carbocycles. The highest BCUT2D eigenvalue weighted by atomic mass is 19.1. The summed E-state index contributed by atoms with van der Waals surface area (Å²) in [6.07, 6.45) is 17.5. The van der Waals surface area contributed by atoms with Gasteiger partial charge in [0.05, 0.1) is 6.61 Å². The van der Waals surface area contributed by atoms with E-state index in [-0.39, 0.29) is 18.2 Å². The van der Waals surface area contributed by atoms with E-state index < -0.39 is 11.9 Å². The zero-order chi connectivity index (χ0) is 24.3. The van der Waals surface area contributed by atoms with Gasteiger partial charge in [-0.3, -0.25) is 9.59 Å². The van der Waals surface area contributed by atoms with Gasteiger partial charge in [-0.2, -0.15) is 0 Å². The molecule has 0 saturated heterocycles. The minimum Gasteiger partial charge on any atom is -0.385 e. The van der Waals surface area contributed by atoms with Crippen LogP contribution in [0.15, 0.2) is 18.2 Å². The summed E-state index contributed by atoms with van der Waals surface area (Å²) in [5, 5.41) is 3.27. The highest BCUT2D eigenvalue weighted by molar-refractivity contribution is 6.03. The smallest absolute Gasteiger partial charge is 0.173 e. The van der Waals surface area contributed by atoms with Crippen LogP contribution >= 0.6 is 0 Å². The second-order valence-corrected chi connectivity index (χ2v) is 9.24. The summed E-state index contributed by atoms with van der Waals surface area (Å²) in [7, 11) is 0. The Labute approximate surface area is 201 Å². The molecular formula is C28H46FNO3. The summed E-state index contributed by atoms with van der Waals surface area (Å²) >= 11 is 0. The van der Waals surface area contributed by atoms with E-state index >= 15 is 0 Å². The molecule has 0 fully saturated rings. The summed E-state index contributed by atoms with van der Waals surface area (Å²) in [6, 6.07) is 4.89. The van der Waals surface area contributed by atoms with Crippen molar-refractivity contribution in [2.24, 2.45) is 0 Å². The molecule has 4 nitrogen and oxygen atoms in total. The number of nitrogens with one attached hydrogen (secondary N) is 1. The fourth-order valence-electron chi connectivity index (χ4n) is 4.02. The number of ketones is 2. The van der Waals surface area contributed by atoms with Gasteiger partial charge in [0.15, 0.2) is 17.7 Å². The maximum absolute atomic E-state index is 14.3. The number of anilines is 1. The molecule has 0 saturated carbocycles. The first-order valence-electron chi connectivity index (χ1n) is 13.1.